The number of carbonyl (C=O) groups is 2. The third-order valence-corrected chi connectivity index (χ3v) is 1.40. The van der Waals surface area contributed by atoms with Crippen LogP contribution in [0.1, 0.15) is 13.3 Å². The number of likely N-dealkylation sites (N-methyl/N-ethyl adjacent to an activating group) is 1. The summed E-state index contributed by atoms with van der Waals surface area (Å²) in [6.45, 7) is 1.32. The van der Waals surface area contributed by atoms with E-state index >= 15 is 0 Å². The number of rotatable bonds is 5. The summed E-state index contributed by atoms with van der Waals surface area (Å²) in [5.74, 6) is -0.951. The molecule has 0 aliphatic rings. The van der Waals surface area contributed by atoms with E-state index in [4.69, 9.17) is 10.3 Å². The van der Waals surface area contributed by atoms with Crippen LogP contribution in [0.15, 0.2) is 5.11 Å². The molecule has 0 heterocycles. The van der Waals surface area contributed by atoms with Gasteiger partial charge in [0, 0.05) is 25.4 Å². The highest BCUT2D eigenvalue weighted by atomic mass is 16.5. The number of hydrogen-bond acceptors (Lipinski definition) is 4. The van der Waals surface area contributed by atoms with Gasteiger partial charge in [-0.25, -0.2) is 0 Å². The second-order valence-electron chi connectivity index (χ2n) is 2.46. The maximum absolute atomic E-state index is 11.1. The van der Waals surface area contributed by atoms with Crippen LogP contribution < -0.4 is 5.32 Å². The van der Waals surface area contributed by atoms with Crippen molar-refractivity contribution in [1.29, 1.82) is 0 Å². The van der Waals surface area contributed by atoms with Crippen molar-refractivity contribution >= 4 is 11.9 Å². The Morgan fingerprint density at radius 2 is 2.29 bits per heavy atom. The maximum Gasteiger partial charge on any atom is 0.303 e. The molecular weight excluding hydrogens is 188 g/mol. The molecule has 0 saturated heterocycles. The Kier molecular flexibility index (Phi) is 5.89. The molecule has 0 unspecified atom stereocenters. The molecule has 0 aromatic heterocycles. The van der Waals surface area contributed by atoms with E-state index in [1.54, 1.807) is 0 Å². The van der Waals surface area contributed by atoms with Crippen LogP contribution in [0.25, 0.3) is 10.4 Å². The zero-order valence-electron chi connectivity index (χ0n) is 8.06. The van der Waals surface area contributed by atoms with Crippen molar-refractivity contribution in [2.75, 3.05) is 13.6 Å². The van der Waals surface area contributed by atoms with Gasteiger partial charge in [-0.3, -0.25) is 9.59 Å². The first-order valence-corrected chi connectivity index (χ1v) is 4.01. The van der Waals surface area contributed by atoms with Gasteiger partial charge in [-0.05, 0) is 12.0 Å². The van der Waals surface area contributed by atoms with Crippen molar-refractivity contribution in [1.82, 2.24) is 5.32 Å². The van der Waals surface area contributed by atoms with Crippen LogP contribution in [-0.4, -0.2) is 31.6 Å². The monoisotopic (exact) mass is 200 g/mol. The Hall–Kier alpha value is -1.75. The highest BCUT2D eigenvalue weighted by Crippen LogP contribution is 2.00. The number of esters is 1. The topological polar surface area (TPSA) is 104 Å². The van der Waals surface area contributed by atoms with Crippen molar-refractivity contribution in [3.63, 3.8) is 0 Å². The first-order chi connectivity index (χ1) is 6.61. The minimum Gasteiger partial charge on any atom is -0.452 e. The summed E-state index contributed by atoms with van der Waals surface area (Å²) in [6.07, 6.45) is -0.702. The summed E-state index contributed by atoms with van der Waals surface area (Å²) in [6, 6.07) is 0. The van der Waals surface area contributed by atoms with E-state index in [1.165, 1.54) is 14.0 Å². The molecule has 0 bridgehead atoms. The first kappa shape index (κ1) is 12.2. The van der Waals surface area contributed by atoms with Crippen molar-refractivity contribution in [3.8, 4) is 0 Å². The molecule has 78 valence electrons. The number of nitrogens with one attached hydrogen (secondary N) is 1. The Labute approximate surface area is 81.0 Å². The van der Waals surface area contributed by atoms with E-state index in [9.17, 15) is 9.59 Å². The number of hydrogen-bond donors (Lipinski definition) is 1. The third kappa shape index (κ3) is 5.00. The normalized spacial score (nSPS) is 11.0. The molecule has 0 rings (SSSR count). The number of azide groups is 1. The van der Waals surface area contributed by atoms with E-state index in [0.717, 1.165) is 0 Å². The lowest BCUT2D eigenvalue weighted by molar-refractivity contribution is -0.153. The number of carbonyl (C=O) groups excluding carboxylic acids is 2. The van der Waals surface area contributed by atoms with Crippen LogP contribution in [0.3, 0.4) is 0 Å². The van der Waals surface area contributed by atoms with Crippen molar-refractivity contribution in [2.45, 2.75) is 19.4 Å². The Balaban J connectivity index is 4.16. The molecule has 0 aliphatic carbocycles. The summed E-state index contributed by atoms with van der Waals surface area (Å²) in [4.78, 5) is 24.2. The molecule has 7 heteroatoms. The molecule has 14 heavy (non-hydrogen) atoms. The van der Waals surface area contributed by atoms with Gasteiger partial charge in [-0.1, -0.05) is 5.11 Å². The highest BCUT2D eigenvalue weighted by Gasteiger charge is 2.19. The lowest BCUT2D eigenvalue weighted by Gasteiger charge is -2.13. The summed E-state index contributed by atoms with van der Waals surface area (Å²) < 4.78 is 4.72. The molecule has 0 radical (unpaired) electrons. The summed E-state index contributed by atoms with van der Waals surface area (Å²) in [5, 5.41) is 5.59. The third-order valence-electron chi connectivity index (χ3n) is 1.40. The molecule has 0 aromatic carbocycles. The van der Waals surface area contributed by atoms with E-state index in [1.807, 2.05) is 0 Å². The average molecular weight is 200 g/mol. The Bertz CT molecular complexity index is 260. The lowest BCUT2D eigenvalue weighted by Crippen LogP contribution is -2.35. The second-order valence-corrected chi connectivity index (χ2v) is 2.46. The van der Waals surface area contributed by atoms with Gasteiger partial charge in [-0.15, -0.1) is 0 Å². The second kappa shape index (κ2) is 6.73. The van der Waals surface area contributed by atoms with E-state index in [2.05, 4.69) is 15.3 Å². The maximum atomic E-state index is 11.1. The standard InChI is InChI=1S/C7H12N4O3/c1-5(12)14-6(7(13)9-2)3-4-10-11-8/h6H,3-4H2,1-2H3,(H,9,13)/t6-/m0/s1. The van der Waals surface area contributed by atoms with Gasteiger partial charge in [0.1, 0.15) is 0 Å². The summed E-state index contributed by atoms with van der Waals surface area (Å²) in [7, 11) is 1.44. The first-order valence-electron chi connectivity index (χ1n) is 4.01. The molecular formula is C7H12N4O3. The largest absolute Gasteiger partial charge is 0.452 e. The van der Waals surface area contributed by atoms with Crippen LogP contribution >= 0.6 is 0 Å². The van der Waals surface area contributed by atoms with Crippen molar-refractivity contribution in [2.24, 2.45) is 5.11 Å². The van der Waals surface area contributed by atoms with Gasteiger partial charge in [-0.2, -0.15) is 0 Å². The minimum atomic E-state index is -0.886. The average Bonchev–Trinajstić information content (AvgIpc) is 2.15. The fourth-order valence-corrected chi connectivity index (χ4v) is 0.825. The van der Waals surface area contributed by atoms with Gasteiger partial charge in [0.2, 0.25) is 0 Å². The number of nitrogens with zero attached hydrogens (tertiary/aromatic N) is 3. The zero-order valence-corrected chi connectivity index (χ0v) is 8.06. The Morgan fingerprint density at radius 3 is 2.71 bits per heavy atom. The Morgan fingerprint density at radius 1 is 1.64 bits per heavy atom. The van der Waals surface area contributed by atoms with Crippen LogP contribution in [0, 0.1) is 0 Å². The molecule has 0 saturated carbocycles. The van der Waals surface area contributed by atoms with Crippen LogP contribution in [0.2, 0.25) is 0 Å². The SMILES string of the molecule is CNC(=O)[C@H](CCN=[N+]=[N-])OC(C)=O. The van der Waals surface area contributed by atoms with E-state index < -0.39 is 18.0 Å². The molecule has 1 N–H and O–H groups in total. The van der Waals surface area contributed by atoms with Gasteiger partial charge < -0.3 is 10.1 Å². The quantitative estimate of drug-likeness (QED) is 0.300. The van der Waals surface area contributed by atoms with Crippen LogP contribution in [0.4, 0.5) is 0 Å². The predicted molar refractivity (Wildman–Crippen MR) is 48.3 cm³/mol. The van der Waals surface area contributed by atoms with Gasteiger partial charge in [0.25, 0.3) is 5.91 Å². The fraction of sp³-hybridized carbons (Fsp3) is 0.714. The smallest absolute Gasteiger partial charge is 0.303 e. The van der Waals surface area contributed by atoms with Gasteiger partial charge in [0.15, 0.2) is 6.10 Å². The van der Waals surface area contributed by atoms with Crippen molar-refractivity contribution < 1.29 is 14.3 Å². The molecule has 7 nitrogen and oxygen atoms in total. The summed E-state index contributed by atoms with van der Waals surface area (Å²) in [5.41, 5.74) is 8.01. The molecule has 0 aliphatic heterocycles. The van der Waals surface area contributed by atoms with Crippen molar-refractivity contribution in [3.05, 3.63) is 10.4 Å². The van der Waals surface area contributed by atoms with E-state index in [-0.39, 0.29) is 13.0 Å². The molecule has 0 fully saturated rings. The van der Waals surface area contributed by atoms with E-state index in [0.29, 0.717) is 0 Å². The molecule has 1 atom stereocenters. The number of amides is 1. The molecule has 1 amide bonds. The fourth-order valence-electron chi connectivity index (χ4n) is 0.825. The zero-order chi connectivity index (χ0) is 11.0. The van der Waals surface area contributed by atoms with Crippen LogP contribution in [0.5, 0.6) is 0 Å². The minimum absolute atomic E-state index is 0.113. The predicted octanol–water partition coefficient (Wildman–Crippen LogP) is 0.364. The number of ether oxygens (including phenoxy) is 1. The van der Waals surface area contributed by atoms with Gasteiger partial charge in [0.05, 0.1) is 0 Å². The van der Waals surface area contributed by atoms with Crippen LogP contribution in [-0.2, 0) is 14.3 Å². The lowest BCUT2D eigenvalue weighted by atomic mass is 10.2. The highest BCUT2D eigenvalue weighted by molar-refractivity contribution is 5.83. The summed E-state index contributed by atoms with van der Waals surface area (Å²) >= 11 is 0. The van der Waals surface area contributed by atoms with Gasteiger partial charge >= 0.3 is 5.97 Å². The molecule has 0 spiro atoms. The molecule has 0 aromatic rings.